The van der Waals surface area contributed by atoms with Gasteiger partial charge in [-0.3, -0.25) is 0 Å². The van der Waals surface area contributed by atoms with E-state index in [2.05, 4.69) is 20.5 Å². The van der Waals surface area contributed by atoms with E-state index in [4.69, 9.17) is 11.6 Å². The first-order chi connectivity index (χ1) is 8.04. The number of nitrogens with zero attached hydrogens (tertiary/aromatic N) is 4. The van der Waals surface area contributed by atoms with Crippen molar-refractivity contribution in [3.05, 3.63) is 10.8 Å². The van der Waals surface area contributed by atoms with Gasteiger partial charge >= 0.3 is 0 Å². The van der Waals surface area contributed by atoms with Crippen LogP contribution in [-0.2, 0) is 0 Å². The minimum absolute atomic E-state index is 0.00567. The quantitative estimate of drug-likeness (QED) is 0.867. The molecule has 0 spiro atoms. The second kappa shape index (κ2) is 5.10. The molecule has 1 fully saturated rings. The molecule has 0 radical (unpaired) electrons. The van der Waals surface area contributed by atoms with Crippen molar-refractivity contribution in [2.45, 2.75) is 25.6 Å². The molecule has 2 rings (SSSR count). The van der Waals surface area contributed by atoms with E-state index in [1.807, 2.05) is 11.9 Å². The zero-order valence-corrected chi connectivity index (χ0v) is 10.6. The van der Waals surface area contributed by atoms with E-state index >= 15 is 0 Å². The van der Waals surface area contributed by atoms with E-state index < -0.39 is 6.17 Å². The highest BCUT2D eigenvalue weighted by atomic mass is 35.5. The van der Waals surface area contributed by atoms with Crippen LogP contribution < -0.4 is 5.32 Å². The largest absolute Gasteiger partial charge is 0.349 e. The van der Waals surface area contributed by atoms with Crippen LogP contribution in [0.4, 0.5) is 10.3 Å². The number of hydrogen-bond acceptors (Lipinski definition) is 5. The summed E-state index contributed by atoms with van der Waals surface area (Å²) in [6.07, 6.45) is -0.345. The lowest BCUT2D eigenvalue weighted by Gasteiger charge is -2.32. The van der Waals surface area contributed by atoms with Crippen LogP contribution in [0.1, 0.15) is 12.1 Å². The van der Waals surface area contributed by atoms with Crippen molar-refractivity contribution in [2.75, 3.05) is 25.5 Å². The molecular weight excluding hydrogens is 245 g/mol. The Morgan fingerprint density at radius 2 is 2.18 bits per heavy atom. The van der Waals surface area contributed by atoms with Crippen molar-refractivity contribution >= 4 is 17.5 Å². The fourth-order valence-corrected chi connectivity index (χ4v) is 2.07. The first-order valence-electron chi connectivity index (χ1n) is 5.50. The van der Waals surface area contributed by atoms with Gasteiger partial charge in [-0.05, 0) is 14.0 Å². The molecular formula is C10H15ClFN5. The molecule has 2 atom stereocenters. The van der Waals surface area contributed by atoms with E-state index in [1.165, 1.54) is 0 Å². The third-order valence-electron chi connectivity index (χ3n) is 2.72. The number of rotatable bonds is 2. The van der Waals surface area contributed by atoms with Gasteiger partial charge < -0.3 is 10.2 Å². The third-order valence-corrected chi connectivity index (χ3v) is 3.07. The number of halogens is 2. The first-order valence-corrected chi connectivity index (χ1v) is 5.88. The highest BCUT2D eigenvalue weighted by Gasteiger charge is 2.25. The summed E-state index contributed by atoms with van der Waals surface area (Å²) in [5, 5.41) is 11.0. The van der Waals surface area contributed by atoms with Crippen molar-refractivity contribution in [1.82, 2.24) is 20.1 Å². The molecule has 1 aliphatic rings. The van der Waals surface area contributed by atoms with Crippen LogP contribution in [0.2, 0.25) is 5.15 Å². The summed E-state index contributed by atoms with van der Waals surface area (Å²) in [5.41, 5.74) is 0.616. The lowest BCUT2D eigenvalue weighted by Crippen LogP contribution is -2.45. The Hall–Kier alpha value is -1.01. The summed E-state index contributed by atoms with van der Waals surface area (Å²) >= 11 is 5.74. The predicted octanol–water partition coefficient (Wildman–Crippen LogP) is 1.29. The zero-order chi connectivity index (χ0) is 12.4. The van der Waals surface area contributed by atoms with Gasteiger partial charge in [-0.1, -0.05) is 11.6 Å². The molecule has 0 amide bonds. The third kappa shape index (κ3) is 3.23. The Morgan fingerprint density at radius 1 is 1.41 bits per heavy atom. The predicted molar refractivity (Wildman–Crippen MR) is 64.0 cm³/mol. The van der Waals surface area contributed by atoms with Gasteiger partial charge in [0, 0.05) is 25.6 Å². The van der Waals surface area contributed by atoms with Crippen LogP contribution in [0.3, 0.4) is 0 Å². The normalized spacial score (nSPS) is 25.9. The highest BCUT2D eigenvalue weighted by molar-refractivity contribution is 6.29. The molecule has 2 unspecified atom stereocenters. The van der Waals surface area contributed by atoms with Crippen LogP contribution >= 0.6 is 11.6 Å². The molecule has 2 heterocycles. The molecule has 7 heteroatoms. The van der Waals surface area contributed by atoms with Gasteiger partial charge in [-0.2, -0.15) is 0 Å². The van der Waals surface area contributed by atoms with Gasteiger partial charge in [0.2, 0.25) is 5.95 Å². The lowest BCUT2D eigenvalue weighted by molar-refractivity contribution is 0.153. The lowest BCUT2D eigenvalue weighted by atomic mass is 10.1. The molecule has 17 heavy (non-hydrogen) atoms. The minimum Gasteiger partial charge on any atom is -0.349 e. The number of aryl methyl sites for hydroxylation is 1. The number of anilines is 1. The number of alkyl halides is 1. The van der Waals surface area contributed by atoms with Crippen molar-refractivity contribution < 1.29 is 4.39 Å². The first kappa shape index (κ1) is 12.4. The maximum atomic E-state index is 13.4. The van der Waals surface area contributed by atoms with Crippen molar-refractivity contribution in [3.8, 4) is 0 Å². The molecule has 1 aromatic rings. The Balaban J connectivity index is 2.02. The van der Waals surface area contributed by atoms with Crippen LogP contribution in [0.5, 0.6) is 0 Å². The monoisotopic (exact) mass is 259 g/mol. The van der Waals surface area contributed by atoms with Crippen LogP contribution in [0.25, 0.3) is 0 Å². The molecule has 0 saturated carbocycles. The molecule has 1 N–H and O–H groups in total. The zero-order valence-electron chi connectivity index (χ0n) is 9.82. The maximum Gasteiger partial charge on any atom is 0.243 e. The molecule has 0 aromatic carbocycles. The summed E-state index contributed by atoms with van der Waals surface area (Å²) in [4.78, 5) is 6.11. The van der Waals surface area contributed by atoms with Crippen molar-refractivity contribution in [2.24, 2.45) is 0 Å². The minimum atomic E-state index is -0.812. The fraction of sp³-hybridized carbons (Fsp3) is 0.700. The standard InChI is InChI=1S/C10H15ClFN5/c1-6-9(11)15-16-10(13-6)14-8-3-7(12)4-17(2)5-8/h7-8H,3-5H2,1-2H3,(H,13,14,16). The van der Waals surface area contributed by atoms with E-state index in [9.17, 15) is 4.39 Å². The van der Waals surface area contributed by atoms with Gasteiger partial charge in [0.1, 0.15) is 6.17 Å². The smallest absolute Gasteiger partial charge is 0.243 e. The number of likely N-dealkylation sites (tertiary alicyclic amines) is 1. The molecule has 5 nitrogen and oxygen atoms in total. The van der Waals surface area contributed by atoms with Gasteiger partial charge in [-0.15, -0.1) is 10.2 Å². The van der Waals surface area contributed by atoms with E-state index in [1.54, 1.807) is 6.92 Å². The molecule has 1 aromatic heterocycles. The number of piperidine rings is 1. The number of nitrogens with one attached hydrogen (secondary N) is 1. The molecule has 0 bridgehead atoms. The Bertz CT molecular complexity index is 392. The van der Waals surface area contributed by atoms with Crippen LogP contribution in [0.15, 0.2) is 0 Å². The summed E-state index contributed by atoms with van der Waals surface area (Å²) in [5.74, 6) is 0.402. The average Bonchev–Trinajstić information content (AvgIpc) is 2.22. The van der Waals surface area contributed by atoms with E-state index in [0.29, 0.717) is 29.8 Å². The number of hydrogen-bond donors (Lipinski definition) is 1. The SMILES string of the molecule is Cc1nc(NC2CC(F)CN(C)C2)nnc1Cl. The molecule has 1 saturated heterocycles. The summed E-state index contributed by atoms with van der Waals surface area (Å²) in [7, 11) is 1.90. The van der Waals surface area contributed by atoms with Gasteiger partial charge in [-0.25, -0.2) is 9.37 Å². The molecule has 1 aliphatic heterocycles. The number of aromatic nitrogens is 3. The second-order valence-corrected chi connectivity index (χ2v) is 4.77. The molecule has 0 aliphatic carbocycles. The van der Waals surface area contributed by atoms with Gasteiger partial charge in [0.15, 0.2) is 5.15 Å². The van der Waals surface area contributed by atoms with Crippen LogP contribution in [0, 0.1) is 6.92 Å². The van der Waals surface area contributed by atoms with Crippen molar-refractivity contribution in [1.29, 1.82) is 0 Å². The summed E-state index contributed by atoms with van der Waals surface area (Å²) < 4.78 is 13.4. The van der Waals surface area contributed by atoms with E-state index in [-0.39, 0.29) is 6.04 Å². The van der Waals surface area contributed by atoms with Crippen molar-refractivity contribution in [3.63, 3.8) is 0 Å². The Labute approximate surface area is 104 Å². The topological polar surface area (TPSA) is 53.9 Å². The summed E-state index contributed by atoms with van der Waals surface area (Å²) in [6, 6.07) is 0.00567. The van der Waals surface area contributed by atoms with Gasteiger partial charge in [0.05, 0.1) is 5.69 Å². The van der Waals surface area contributed by atoms with E-state index in [0.717, 1.165) is 6.54 Å². The highest BCUT2D eigenvalue weighted by Crippen LogP contribution is 2.16. The Kier molecular flexibility index (Phi) is 3.73. The molecule has 94 valence electrons. The summed E-state index contributed by atoms with van der Waals surface area (Å²) in [6.45, 7) is 3.01. The Morgan fingerprint density at radius 3 is 2.82 bits per heavy atom. The van der Waals surface area contributed by atoms with Crippen LogP contribution in [-0.4, -0.2) is 52.4 Å². The van der Waals surface area contributed by atoms with Gasteiger partial charge in [0.25, 0.3) is 0 Å². The maximum absolute atomic E-state index is 13.4. The number of likely N-dealkylation sites (N-methyl/N-ethyl adjacent to an activating group) is 1. The fourth-order valence-electron chi connectivity index (χ4n) is 1.99. The second-order valence-electron chi connectivity index (χ2n) is 4.41. The average molecular weight is 260 g/mol.